The fraction of sp³-hybridized carbons (Fsp3) is 0.500. The van der Waals surface area contributed by atoms with Crippen LogP contribution in [-0.4, -0.2) is 30.8 Å². The third-order valence-electron chi connectivity index (χ3n) is 2.56. The summed E-state index contributed by atoms with van der Waals surface area (Å²) in [5, 5.41) is 12.1. The van der Waals surface area contributed by atoms with E-state index in [2.05, 4.69) is 19.2 Å². The zero-order valence-electron chi connectivity index (χ0n) is 11.0. The molecule has 100 valence electrons. The Labute approximate surface area is 108 Å². The van der Waals surface area contributed by atoms with Crippen molar-refractivity contribution < 1.29 is 14.6 Å². The number of nitrogens with one attached hydrogen (secondary N) is 1. The summed E-state index contributed by atoms with van der Waals surface area (Å²) in [5.74, 6) is -0.274. The topological polar surface area (TPSA) is 58.6 Å². The van der Waals surface area contributed by atoms with Crippen LogP contribution >= 0.6 is 0 Å². The molecule has 1 aromatic rings. The fourth-order valence-corrected chi connectivity index (χ4v) is 1.50. The smallest absolute Gasteiger partial charge is 0.337 e. The van der Waals surface area contributed by atoms with Crippen molar-refractivity contribution in [3.05, 3.63) is 29.8 Å². The van der Waals surface area contributed by atoms with Crippen molar-refractivity contribution in [2.75, 3.05) is 25.1 Å². The van der Waals surface area contributed by atoms with Crippen molar-refractivity contribution in [3.8, 4) is 0 Å². The van der Waals surface area contributed by atoms with Gasteiger partial charge in [-0.15, -0.1) is 0 Å². The van der Waals surface area contributed by atoms with Gasteiger partial charge in [0.15, 0.2) is 0 Å². The monoisotopic (exact) mass is 251 g/mol. The van der Waals surface area contributed by atoms with Gasteiger partial charge in [-0.1, -0.05) is 26.0 Å². The number of hydrogen-bond donors (Lipinski definition) is 2. The molecule has 1 rings (SSSR count). The zero-order chi connectivity index (χ0) is 13.4. The van der Waals surface area contributed by atoms with Gasteiger partial charge >= 0.3 is 5.97 Å². The summed E-state index contributed by atoms with van der Waals surface area (Å²) < 4.78 is 5.46. The summed E-state index contributed by atoms with van der Waals surface area (Å²) in [6.07, 6.45) is 1.05. The van der Waals surface area contributed by atoms with Crippen LogP contribution in [0.1, 0.15) is 30.6 Å². The Morgan fingerprint density at radius 1 is 1.33 bits per heavy atom. The molecule has 0 saturated heterocycles. The van der Waals surface area contributed by atoms with Gasteiger partial charge in [-0.3, -0.25) is 0 Å². The van der Waals surface area contributed by atoms with Crippen LogP contribution in [0.25, 0.3) is 0 Å². The molecule has 0 aromatic heterocycles. The second-order valence-electron chi connectivity index (χ2n) is 4.57. The number of carboxylic acid groups (broad SMARTS) is 1. The van der Waals surface area contributed by atoms with E-state index < -0.39 is 5.97 Å². The van der Waals surface area contributed by atoms with E-state index in [1.54, 1.807) is 18.2 Å². The van der Waals surface area contributed by atoms with Crippen LogP contribution in [0.15, 0.2) is 24.3 Å². The predicted molar refractivity (Wildman–Crippen MR) is 72.2 cm³/mol. The van der Waals surface area contributed by atoms with Gasteiger partial charge in [0.05, 0.1) is 12.2 Å². The second kappa shape index (κ2) is 7.71. The minimum atomic E-state index is -0.918. The molecule has 0 aliphatic carbocycles. The molecule has 2 N–H and O–H groups in total. The lowest BCUT2D eigenvalue weighted by Gasteiger charge is -2.10. The minimum absolute atomic E-state index is 0.291. The summed E-state index contributed by atoms with van der Waals surface area (Å²) >= 11 is 0. The molecule has 0 aliphatic heterocycles. The molecule has 0 bridgehead atoms. The third kappa shape index (κ3) is 5.19. The summed E-state index contributed by atoms with van der Waals surface area (Å²) in [6, 6.07) is 6.88. The average Bonchev–Trinajstić information content (AvgIpc) is 2.33. The first kappa shape index (κ1) is 14.5. The van der Waals surface area contributed by atoms with Crippen LogP contribution in [-0.2, 0) is 4.74 Å². The number of para-hydroxylation sites is 1. The Balaban J connectivity index is 2.29. The van der Waals surface area contributed by atoms with E-state index in [9.17, 15) is 4.79 Å². The highest BCUT2D eigenvalue weighted by Crippen LogP contribution is 2.14. The van der Waals surface area contributed by atoms with Crippen LogP contribution in [0.3, 0.4) is 0 Å². The first-order valence-electron chi connectivity index (χ1n) is 6.25. The average molecular weight is 251 g/mol. The molecule has 18 heavy (non-hydrogen) atoms. The van der Waals surface area contributed by atoms with Crippen molar-refractivity contribution >= 4 is 11.7 Å². The predicted octanol–water partition coefficient (Wildman–Crippen LogP) is 2.86. The van der Waals surface area contributed by atoms with Crippen molar-refractivity contribution in [2.24, 2.45) is 5.92 Å². The lowest BCUT2D eigenvalue weighted by molar-refractivity contribution is 0.0697. The van der Waals surface area contributed by atoms with E-state index in [0.717, 1.165) is 13.0 Å². The Morgan fingerprint density at radius 2 is 2.06 bits per heavy atom. The van der Waals surface area contributed by atoms with Crippen LogP contribution in [0.5, 0.6) is 0 Å². The Morgan fingerprint density at radius 3 is 2.72 bits per heavy atom. The number of rotatable bonds is 8. The maximum absolute atomic E-state index is 11.0. The van der Waals surface area contributed by atoms with Gasteiger partial charge in [-0.05, 0) is 24.5 Å². The van der Waals surface area contributed by atoms with Crippen LogP contribution < -0.4 is 5.32 Å². The molecule has 0 spiro atoms. The minimum Gasteiger partial charge on any atom is -0.478 e. The maximum atomic E-state index is 11.0. The highest BCUT2D eigenvalue weighted by Gasteiger charge is 2.07. The normalized spacial score (nSPS) is 10.6. The van der Waals surface area contributed by atoms with E-state index in [-0.39, 0.29) is 0 Å². The van der Waals surface area contributed by atoms with Gasteiger partial charge in [0.1, 0.15) is 0 Å². The molecular formula is C14H21NO3. The van der Waals surface area contributed by atoms with Gasteiger partial charge in [-0.2, -0.15) is 0 Å². The molecule has 0 saturated carbocycles. The quantitative estimate of drug-likeness (QED) is 0.697. The number of benzene rings is 1. The molecule has 0 amide bonds. The van der Waals surface area contributed by atoms with E-state index in [0.29, 0.717) is 30.3 Å². The number of carbonyl (C=O) groups is 1. The van der Waals surface area contributed by atoms with Gasteiger partial charge in [0.2, 0.25) is 0 Å². The van der Waals surface area contributed by atoms with Gasteiger partial charge in [0.25, 0.3) is 0 Å². The summed E-state index contributed by atoms with van der Waals surface area (Å²) in [6.45, 7) is 6.26. The lowest BCUT2D eigenvalue weighted by atomic mass is 10.1. The van der Waals surface area contributed by atoms with Crippen molar-refractivity contribution in [1.29, 1.82) is 0 Å². The van der Waals surface area contributed by atoms with Crippen molar-refractivity contribution in [1.82, 2.24) is 0 Å². The number of aromatic carboxylic acids is 1. The molecule has 0 atom stereocenters. The summed E-state index contributed by atoms with van der Waals surface area (Å²) in [5.41, 5.74) is 0.928. The first-order chi connectivity index (χ1) is 8.61. The highest BCUT2D eigenvalue weighted by atomic mass is 16.5. The van der Waals surface area contributed by atoms with E-state index in [1.807, 2.05) is 6.07 Å². The summed E-state index contributed by atoms with van der Waals surface area (Å²) in [7, 11) is 0. The van der Waals surface area contributed by atoms with E-state index in [1.165, 1.54) is 0 Å². The standard InChI is InChI=1S/C14H21NO3/c1-11(2)7-9-18-10-8-15-13-6-4-3-5-12(13)14(16)17/h3-6,11,15H,7-10H2,1-2H3,(H,16,17). The number of ether oxygens (including phenoxy) is 1. The Hall–Kier alpha value is -1.55. The van der Waals surface area contributed by atoms with Crippen LogP contribution in [0.4, 0.5) is 5.69 Å². The molecule has 0 heterocycles. The molecule has 0 aliphatic rings. The van der Waals surface area contributed by atoms with Gasteiger partial charge in [0, 0.05) is 18.8 Å². The van der Waals surface area contributed by atoms with Crippen LogP contribution in [0.2, 0.25) is 0 Å². The number of hydrogen-bond acceptors (Lipinski definition) is 3. The third-order valence-corrected chi connectivity index (χ3v) is 2.56. The fourth-order valence-electron chi connectivity index (χ4n) is 1.50. The lowest BCUT2D eigenvalue weighted by Crippen LogP contribution is -2.13. The van der Waals surface area contributed by atoms with Crippen molar-refractivity contribution in [3.63, 3.8) is 0 Å². The van der Waals surface area contributed by atoms with Gasteiger partial charge in [-0.25, -0.2) is 4.79 Å². The second-order valence-corrected chi connectivity index (χ2v) is 4.57. The molecule has 4 heteroatoms. The number of anilines is 1. The molecule has 4 nitrogen and oxygen atoms in total. The largest absolute Gasteiger partial charge is 0.478 e. The van der Waals surface area contributed by atoms with Crippen LogP contribution in [0, 0.1) is 5.92 Å². The molecular weight excluding hydrogens is 230 g/mol. The molecule has 0 unspecified atom stereocenters. The maximum Gasteiger partial charge on any atom is 0.337 e. The van der Waals surface area contributed by atoms with E-state index in [4.69, 9.17) is 9.84 Å². The Kier molecular flexibility index (Phi) is 6.22. The SMILES string of the molecule is CC(C)CCOCCNc1ccccc1C(=O)O. The van der Waals surface area contributed by atoms with E-state index >= 15 is 0 Å². The Bertz CT molecular complexity index is 377. The summed E-state index contributed by atoms with van der Waals surface area (Å²) in [4.78, 5) is 11.0. The molecule has 0 radical (unpaired) electrons. The first-order valence-corrected chi connectivity index (χ1v) is 6.25. The number of carboxylic acids is 1. The highest BCUT2D eigenvalue weighted by molar-refractivity contribution is 5.94. The molecule has 0 fully saturated rings. The van der Waals surface area contributed by atoms with Gasteiger partial charge < -0.3 is 15.2 Å². The zero-order valence-corrected chi connectivity index (χ0v) is 11.0. The van der Waals surface area contributed by atoms with Crippen molar-refractivity contribution in [2.45, 2.75) is 20.3 Å². The molecule has 1 aromatic carbocycles.